The maximum absolute atomic E-state index is 14.7. The number of piperazine rings is 1. The first-order valence-corrected chi connectivity index (χ1v) is 14.3. The molecule has 1 saturated heterocycles. The van der Waals surface area contributed by atoms with Gasteiger partial charge in [-0.25, -0.2) is 8.78 Å². The van der Waals surface area contributed by atoms with Crippen molar-refractivity contribution in [2.45, 2.75) is 31.2 Å². The third kappa shape index (κ3) is 4.91. The number of carbonyl (C=O) groups excluding carboxylic acids is 1. The minimum Gasteiger partial charge on any atom is -0.497 e. The third-order valence-corrected chi connectivity index (χ3v) is 8.84. The van der Waals surface area contributed by atoms with Crippen molar-refractivity contribution in [1.29, 1.82) is 5.41 Å². The highest BCUT2D eigenvalue weighted by molar-refractivity contribution is 6.12. The van der Waals surface area contributed by atoms with Crippen LogP contribution in [0.1, 0.15) is 36.0 Å². The van der Waals surface area contributed by atoms with Gasteiger partial charge in [0.2, 0.25) is 5.91 Å². The molecule has 9 heteroatoms. The first-order valence-electron chi connectivity index (χ1n) is 14.3. The highest BCUT2D eigenvalue weighted by Gasteiger charge is 2.55. The summed E-state index contributed by atoms with van der Waals surface area (Å²) in [6.07, 6.45) is 5.22. The van der Waals surface area contributed by atoms with Crippen LogP contribution >= 0.6 is 0 Å². The molecule has 3 aromatic carbocycles. The number of rotatable bonds is 8. The summed E-state index contributed by atoms with van der Waals surface area (Å²) in [5.41, 5.74) is 4.65. The molecule has 2 heterocycles. The van der Waals surface area contributed by atoms with Crippen molar-refractivity contribution in [3.63, 3.8) is 0 Å². The van der Waals surface area contributed by atoms with Crippen LogP contribution in [0.4, 0.5) is 25.8 Å². The number of ether oxygens (including phenoxy) is 1. The fourth-order valence-corrected chi connectivity index (χ4v) is 6.29. The maximum atomic E-state index is 14.7. The van der Waals surface area contributed by atoms with E-state index < -0.39 is 17.0 Å². The zero-order valence-electron chi connectivity index (χ0n) is 23.9. The van der Waals surface area contributed by atoms with E-state index in [1.54, 1.807) is 13.2 Å². The molecular formula is C33H35F2N5O2. The fourth-order valence-electron chi connectivity index (χ4n) is 6.29. The van der Waals surface area contributed by atoms with Crippen LogP contribution in [0, 0.1) is 17.0 Å². The SMILES string of the molecule is COc1ccc(CN2C(=O)C3(CCC3)c3cc(/C(=C/C=N)Nc4ccc(F)cc4F)cc(N4CCN(C)CC4)c32)cc1. The average Bonchev–Trinajstić information content (AvgIpc) is 3.22. The van der Waals surface area contributed by atoms with Crippen molar-refractivity contribution in [2.75, 3.05) is 55.5 Å². The molecule has 0 radical (unpaired) electrons. The number of allylic oxidation sites excluding steroid dienone is 1. The summed E-state index contributed by atoms with van der Waals surface area (Å²) in [5.74, 6) is -0.501. The Bertz CT molecular complexity index is 1540. The lowest BCUT2D eigenvalue weighted by atomic mass is 9.65. The van der Waals surface area contributed by atoms with Gasteiger partial charge in [-0.1, -0.05) is 18.6 Å². The average molecular weight is 572 g/mol. The molecule has 218 valence electrons. The van der Waals surface area contributed by atoms with Crippen molar-refractivity contribution < 1.29 is 18.3 Å². The second kappa shape index (κ2) is 11.2. The van der Waals surface area contributed by atoms with E-state index in [2.05, 4.69) is 22.2 Å². The van der Waals surface area contributed by atoms with Gasteiger partial charge in [0.25, 0.3) is 0 Å². The summed E-state index contributed by atoms with van der Waals surface area (Å²) in [6, 6.07) is 15.3. The van der Waals surface area contributed by atoms with E-state index >= 15 is 0 Å². The van der Waals surface area contributed by atoms with Crippen LogP contribution in [-0.4, -0.2) is 57.4 Å². The zero-order valence-corrected chi connectivity index (χ0v) is 23.9. The van der Waals surface area contributed by atoms with E-state index in [0.29, 0.717) is 12.2 Å². The van der Waals surface area contributed by atoms with E-state index in [9.17, 15) is 13.6 Å². The summed E-state index contributed by atoms with van der Waals surface area (Å²) in [5, 5.41) is 10.9. The Morgan fingerprint density at radius 2 is 1.79 bits per heavy atom. The number of anilines is 3. The summed E-state index contributed by atoms with van der Waals surface area (Å²) in [6.45, 7) is 3.82. The van der Waals surface area contributed by atoms with Gasteiger partial charge < -0.3 is 30.2 Å². The number of nitrogens with zero attached hydrogens (tertiary/aromatic N) is 3. The van der Waals surface area contributed by atoms with Crippen LogP contribution in [0.25, 0.3) is 5.70 Å². The van der Waals surface area contributed by atoms with Crippen LogP contribution in [0.5, 0.6) is 5.75 Å². The van der Waals surface area contributed by atoms with Crippen LogP contribution in [-0.2, 0) is 16.8 Å². The van der Waals surface area contributed by atoms with Gasteiger partial charge in [0.1, 0.15) is 17.4 Å². The number of fused-ring (bicyclic) bond motifs is 2. The molecule has 1 spiro atoms. The number of likely N-dealkylation sites (N-methyl/N-ethyl adjacent to an activating group) is 1. The molecule has 7 nitrogen and oxygen atoms in total. The maximum Gasteiger partial charge on any atom is 0.238 e. The van der Waals surface area contributed by atoms with Crippen molar-refractivity contribution in [3.05, 3.63) is 89.0 Å². The normalized spacial score (nSPS) is 18.2. The molecule has 1 saturated carbocycles. The monoisotopic (exact) mass is 571 g/mol. The summed E-state index contributed by atoms with van der Waals surface area (Å²) in [4.78, 5) is 20.8. The molecule has 6 rings (SSSR count). The van der Waals surface area contributed by atoms with E-state index in [1.165, 1.54) is 12.1 Å². The Hall–Kier alpha value is -4.24. The topological polar surface area (TPSA) is 71.9 Å². The van der Waals surface area contributed by atoms with Gasteiger partial charge in [0.15, 0.2) is 0 Å². The summed E-state index contributed by atoms with van der Waals surface area (Å²) >= 11 is 0. The van der Waals surface area contributed by atoms with E-state index in [0.717, 1.165) is 91.5 Å². The van der Waals surface area contributed by atoms with Crippen LogP contribution in [0.3, 0.4) is 0 Å². The van der Waals surface area contributed by atoms with Gasteiger partial charge in [-0.15, -0.1) is 0 Å². The van der Waals surface area contributed by atoms with Gasteiger partial charge in [-0.05, 0) is 73.5 Å². The Labute approximate surface area is 244 Å². The number of benzene rings is 3. The van der Waals surface area contributed by atoms with Crippen molar-refractivity contribution in [1.82, 2.24) is 4.90 Å². The van der Waals surface area contributed by atoms with Gasteiger partial charge in [0.05, 0.1) is 36.1 Å². The molecule has 1 amide bonds. The molecule has 2 aliphatic heterocycles. The highest BCUT2D eigenvalue weighted by Crippen LogP contribution is 2.57. The molecule has 0 unspecified atom stereocenters. The second-order valence-corrected chi connectivity index (χ2v) is 11.4. The predicted molar refractivity (Wildman–Crippen MR) is 163 cm³/mol. The highest BCUT2D eigenvalue weighted by atomic mass is 19.1. The molecule has 0 aromatic heterocycles. The first-order chi connectivity index (χ1) is 20.3. The van der Waals surface area contributed by atoms with Gasteiger partial charge in [0, 0.05) is 49.7 Å². The van der Waals surface area contributed by atoms with E-state index in [-0.39, 0.29) is 11.6 Å². The quantitative estimate of drug-likeness (QED) is 0.335. The molecular weight excluding hydrogens is 536 g/mol. The van der Waals surface area contributed by atoms with E-state index in [4.69, 9.17) is 10.1 Å². The van der Waals surface area contributed by atoms with Gasteiger partial charge in [-0.2, -0.15) is 0 Å². The molecule has 3 aromatic rings. The zero-order chi connectivity index (χ0) is 29.4. The lowest BCUT2D eigenvalue weighted by Gasteiger charge is -2.37. The lowest BCUT2D eigenvalue weighted by molar-refractivity contribution is -0.126. The minimum atomic E-state index is -0.720. The standard InChI is InChI=1S/C33H35F2N5O2/c1-38-14-16-39(17-15-38)30-19-23(28(10-13-36)37-29-9-6-24(34)20-27(29)35)18-26-31(30)40(32(41)33(26)11-3-12-33)21-22-4-7-25(42-2)8-5-22/h4-10,13,18-20,36-37H,3,11-12,14-17,21H2,1-2H3/b28-10-,36-13?. The second-order valence-electron chi connectivity index (χ2n) is 11.4. The largest absolute Gasteiger partial charge is 0.497 e. The molecule has 0 atom stereocenters. The van der Waals surface area contributed by atoms with Crippen molar-refractivity contribution >= 4 is 34.9 Å². The number of hydrogen-bond donors (Lipinski definition) is 2. The molecule has 3 aliphatic rings. The third-order valence-electron chi connectivity index (χ3n) is 8.84. The number of nitrogens with one attached hydrogen (secondary N) is 2. The Morgan fingerprint density at radius 1 is 1.05 bits per heavy atom. The van der Waals surface area contributed by atoms with Crippen LogP contribution in [0.2, 0.25) is 0 Å². The number of halogens is 2. The fraction of sp³-hybridized carbons (Fsp3) is 0.333. The number of methoxy groups -OCH3 is 1. The molecule has 1 aliphatic carbocycles. The summed E-state index contributed by atoms with van der Waals surface area (Å²) in [7, 11) is 3.74. The van der Waals surface area contributed by atoms with Gasteiger partial charge in [-0.3, -0.25) is 4.79 Å². The Balaban J connectivity index is 1.48. The van der Waals surface area contributed by atoms with Crippen LogP contribution in [0.15, 0.2) is 60.7 Å². The lowest BCUT2D eigenvalue weighted by Crippen LogP contribution is -2.45. The number of amides is 1. The van der Waals surface area contributed by atoms with Crippen molar-refractivity contribution in [3.8, 4) is 5.75 Å². The molecule has 2 fully saturated rings. The molecule has 2 N–H and O–H groups in total. The molecule has 42 heavy (non-hydrogen) atoms. The Kier molecular flexibility index (Phi) is 7.45. The number of hydrogen-bond acceptors (Lipinski definition) is 6. The minimum absolute atomic E-state index is 0.113. The van der Waals surface area contributed by atoms with E-state index in [1.807, 2.05) is 41.3 Å². The van der Waals surface area contributed by atoms with Gasteiger partial charge >= 0.3 is 0 Å². The first kappa shape index (κ1) is 27.9. The van der Waals surface area contributed by atoms with Crippen molar-refractivity contribution in [2.24, 2.45) is 0 Å². The number of carbonyl (C=O) groups is 1. The summed E-state index contributed by atoms with van der Waals surface area (Å²) < 4.78 is 33.6. The smallest absolute Gasteiger partial charge is 0.238 e. The predicted octanol–water partition coefficient (Wildman–Crippen LogP) is 5.80. The Morgan fingerprint density at radius 3 is 2.40 bits per heavy atom. The van der Waals surface area contributed by atoms with Crippen LogP contribution < -0.4 is 19.9 Å². The molecule has 0 bridgehead atoms.